The molecule has 0 bridgehead atoms. The first kappa shape index (κ1) is 17.7. The van der Waals surface area contributed by atoms with E-state index in [2.05, 4.69) is 32.0 Å². The standard InChI is InChI=1S/C21H24N2O/c1-3-17(2)23(16-20-7-5-4-6-8-20)21(24)14-13-18-9-11-19(15-22)12-10-18/h4-12,17H,3,13-14,16H2,1-2H3. The normalized spacial score (nSPS) is 11.5. The van der Waals surface area contributed by atoms with Gasteiger partial charge in [-0.1, -0.05) is 49.4 Å². The molecule has 2 aromatic rings. The van der Waals surface area contributed by atoms with Gasteiger partial charge in [0, 0.05) is 19.0 Å². The summed E-state index contributed by atoms with van der Waals surface area (Å²) in [5, 5.41) is 8.84. The van der Waals surface area contributed by atoms with Crippen LogP contribution in [0, 0.1) is 11.3 Å². The third kappa shape index (κ3) is 4.96. The van der Waals surface area contributed by atoms with E-state index in [-0.39, 0.29) is 11.9 Å². The monoisotopic (exact) mass is 320 g/mol. The van der Waals surface area contributed by atoms with Crippen molar-refractivity contribution in [2.45, 2.75) is 45.7 Å². The Morgan fingerprint density at radius 3 is 2.33 bits per heavy atom. The molecule has 24 heavy (non-hydrogen) atoms. The molecule has 0 spiro atoms. The van der Waals surface area contributed by atoms with E-state index in [1.54, 1.807) is 12.1 Å². The molecule has 0 aliphatic rings. The fourth-order valence-electron chi connectivity index (χ4n) is 2.63. The van der Waals surface area contributed by atoms with Gasteiger partial charge < -0.3 is 4.90 Å². The number of rotatable bonds is 7. The molecule has 3 heteroatoms. The highest BCUT2D eigenvalue weighted by Crippen LogP contribution is 2.14. The lowest BCUT2D eigenvalue weighted by atomic mass is 10.1. The highest BCUT2D eigenvalue weighted by molar-refractivity contribution is 5.76. The smallest absolute Gasteiger partial charge is 0.223 e. The van der Waals surface area contributed by atoms with Crippen molar-refractivity contribution in [1.82, 2.24) is 4.90 Å². The molecule has 1 amide bonds. The van der Waals surface area contributed by atoms with Crippen LogP contribution in [0.2, 0.25) is 0 Å². The Balaban J connectivity index is 2.00. The lowest BCUT2D eigenvalue weighted by Crippen LogP contribution is -2.37. The van der Waals surface area contributed by atoms with Gasteiger partial charge in [-0.05, 0) is 43.0 Å². The number of aryl methyl sites for hydroxylation is 1. The highest BCUT2D eigenvalue weighted by atomic mass is 16.2. The minimum absolute atomic E-state index is 0.178. The van der Waals surface area contributed by atoms with Gasteiger partial charge in [0.25, 0.3) is 0 Å². The molecule has 0 heterocycles. The van der Waals surface area contributed by atoms with Crippen molar-refractivity contribution in [1.29, 1.82) is 5.26 Å². The minimum Gasteiger partial charge on any atom is -0.336 e. The second-order valence-electron chi connectivity index (χ2n) is 6.07. The van der Waals surface area contributed by atoms with E-state index in [0.29, 0.717) is 24.9 Å². The maximum absolute atomic E-state index is 12.7. The molecule has 0 fully saturated rings. The highest BCUT2D eigenvalue weighted by Gasteiger charge is 2.18. The number of carbonyl (C=O) groups excluding carboxylic acids is 1. The van der Waals surface area contributed by atoms with Crippen LogP contribution in [0.15, 0.2) is 54.6 Å². The van der Waals surface area contributed by atoms with E-state index >= 15 is 0 Å². The summed E-state index contributed by atoms with van der Waals surface area (Å²) < 4.78 is 0. The largest absolute Gasteiger partial charge is 0.336 e. The number of carbonyl (C=O) groups is 1. The molecule has 0 N–H and O–H groups in total. The number of benzene rings is 2. The van der Waals surface area contributed by atoms with Gasteiger partial charge in [0.2, 0.25) is 5.91 Å². The summed E-state index contributed by atoms with van der Waals surface area (Å²) in [6, 6.07) is 19.9. The third-order valence-corrected chi connectivity index (χ3v) is 4.35. The van der Waals surface area contributed by atoms with Crippen molar-refractivity contribution < 1.29 is 4.79 Å². The number of nitrogens with zero attached hydrogens (tertiary/aromatic N) is 2. The van der Waals surface area contributed by atoms with Gasteiger partial charge in [0.1, 0.15) is 0 Å². The average molecular weight is 320 g/mol. The maximum atomic E-state index is 12.7. The molecule has 0 aliphatic carbocycles. The summed E-state index contributed by atoms with van der Waals surface area (Å²) in [4.78, 5) is 14.7. The lowest BCUT2D eigenvalue weighted by molar-refractivity contribution is -0.134. The summed E-state index contributed by atoms with van der Waals surface area (Å²) in [5.74, 6) is 0.178. The Bertz CT molecular complexity index is 686. The number of nitriles is 1. The molecular formula is C21H24N2O. The van der Waals surface area contributed by atoms with Gasteiger partial charge in [-0.15, -0.1) is 0 Å². The Morgan fingerprint density at radius 2 is 1.75 bits per heavy atom. The SMILES string of the molecule is CCC(C)N(Cc1ccccc1)C(=O)CCc1ccc(C#N)cc1. The van der Waals surface area contributed by atoms with Gasteiger partial charge in [-0.3, -0.25) is 4.79 Å². The van der Waals surface area contributed by atoms with Crippen molar-refractivity contribution >= 4 is 5.91 Å². The molecular weight excluding hydrogens is 296 g/mol. The predicted molar refractivity (Wildman–Crippen MR) is 96.2 cm³/mol. The van der Waals surface area contributed by atoms with Gasteiger partial charge in [-0.25, -0.2) is 0 Å². The summed E-state index contributed by atoms with van der Waals surface area (Å²) in [7, 11) is 0. The molecule has 1 unspecified atom stereocenters. The second kappa shape index (κ2) is 8.88. The molecule has 0 aromatic heterocycles. The van der Waals surface area contributed by atoms with E-state index in [9.17, 15) is 4.79 Å². The van der Waals surface area contributed by atoms with E-state index in [1.807, 2.05) is 35.2 Å². The van der Waals surface area contributed by atoms with Crippen LogP contribution in [0.3, 0.4) is 0 Å². The van der Waals surface area contributed by atoms with Crippen molar-refractivity contribution in [3.63, 3.8) is 0 Å². The number of amides is 1. The zero-order valence-electron chi connectivity index (χ0n) is 14.4. The van der Waals surface area contributed by atoms with Crippen LogP contribution in [0.1, 0.15) is 43.4 Å². The first-order valence-corrected chi connectivity index (χ1v) is 8.46. The predicted octanol–water partition coefficient (Wildman–Crippen LogP) is 4.32. The Kier molecular flexibility index (Phi) is 6.57. The summed E-state index contributed by atoms with van der Waals surface area (Å²) >= 11 is 0. The fourth-order valence-corrected chi connectivity index (χ4v) is 2.63. The second-order valence-corrected chi connectivity index (χ2v) is 6.07. The first-order chi connectivity index (χ1) is 11.6. The Labute approximate surface area is 144 Å². The van der Waals surface area contributed by atoms with Crippen LogP contribution in [0.25, 0.3) is 0 Å². The van der Waals surface area contributed by atoms with Crippen molar-refractivity contribution in [3.8, 4) is 6.07 Å². The minimum atomic E-state index is 0.178. The maximum Gasteiger partial charge on any atom is 0.223 e. The molecule has 1 atom stereocenters. The van der Waals surface area contributed by atoms with Gasteiger partial charge in [-0.2, -0.15) is 5.26 Å². The van der Waals surface area contributed by atoms with Crippen LogP contribution in [-0.2, 0) is 17.8 Å². The molecule has 0 radical (unpaired) electrons. The molecule has 2 aromatic carbocycles. The summed E-state index contributed by atoms with van der Waals surface area (Å²) in [5.41, 5.74) is 2.89. The van der Waals surface area contributed by atoms with E-state index in [4.69, 9.17) is 5.26 Å². The summed E-state index contributed by atoms with van der Waals surface area (Å²) in [6.07, 6.45) is 2.13. The Hall–Kier alpha value is -2.60. The van der Waals surface area contributed by atoms with Gasteiger partial charge in [0.05, 0.1) is 11.6 Å². The quantitative estimate of drug-likeness (QED) is 0.762. The molecule has 2 rings (SSSR count). The van der Waals surface area contributed by atoms with Crippen molar-refractivity contribution in [2.75, 3.05) is 0 Å². The van der Waals surface area contributed by atoms with E-state index in [0.717, 1.165) is 17.5 Å². The zero-order valence-corrected chi connectivity index (χ0v) is 14.4. The summed E-state index contributed by atoms with van der Waals surface area (Å²) in [6.45, 7) is 4.86. The van der Waals surface area contributed by atoms with Gasteiger partial charge in [0.15, 0.2) is 0 Å². The zero-order chi connectivity index (χ0) is 17.4. The lowest BCUT2D eigenvalue weighted by Gasteiger charge is -2.29. The molecule has 0 saturated carbocycles. The fraction of sp³-hybridized carbons (Fsp3) is 0.333. The number of hydrogen-bond donors (Lipinski definition) is 0. The van der Waals surface area contributed by atoms with Crippen molar-refractivity contribution in [3.05, 3.63) is 71.3 Å². The van der Waals surface area contributed by atoms with Crippen LogP contribution in [-0.4, -0.2) is 16.8 Å². The number of hydrogen-bond acceptors (Lipinski definition) is 2. The molecule has 0 aliphatic heterocycles. The van der Waals surface area contributed by atoms with E-state index < -0.39 is 0 Å². The third-order valence-electron chi connectivity index (χ3n) is 4.35. The molecule has 124 valence electrons. The van der Waals surface area contributed by atoms with Gasteiger partial charge >= 0.3 is 0 Å². The Morgan fingerprint density at radius 1 is 1.08 bits per heavy atom. The molecule has 0 saturated heterocycles. The van der Waals surface area contributed by atoms with Crippen LogP contribution in [0.5, 0.6) is 0 Å². The van der Waals surface area contributed by atoms with Crippen LogP contribution in [0.4, 0.5) is 0 Å². The van der Waals surface area contributed by atoms with Crippen LogP contribution < -0.4 is 0 Å². The average Bonchev–Trinajstić information content (AvgIpc) is 2.64. The molecule has 3 nitrogen and oxygen atoms in total. The van der Waals surface area contributed by atoms with Crippen molar-refractivity contribution in [2.24, 2.45) is 0 Å². The van der Waals surface area contributed by atoms with Crippen LogP contribution >= 0.6 is 0 Å². The first-order valence-electron chi connectivity index (χ1n) is 8.46. The topological polar surface area (TPSA) is 44.1 Å². The van der Waals surface area contributed by atoms with E-state index in [1.165, 1.54) is 0 Å².